The first kappa shape index (κ1) is 25.9. The Morgan fingerprint density at radius 2 is 1.89 bits per heavy atom. The molecule has 0 radical (unpaired) electrons. The van der Waals surface area contributed by atoms with E-state index >= 15 is 0 Å². The van der Waals surface area contributed by atoms with Crippen molar-refractivity contribution in [3.63, 3.8) is 0 Å². The second-order valence-corrected chi connectivity index (χ2v) is 10.1. The Kier molecular flexibility index (Phi) is 7.99. The van der Waals surface area contributed by atoms with Gasteiger partial charge in [-0.05, 0) is 110 Å². The molecule has 38 heavy (non-hydrogen) atoms. The Morgan fingerprint density at radius 1 is 1.03 bits per heavy atom. The molecular formula is C32H37N5O. The van der Waals surface area contributed by atoms with E-state index in [9.17, 15) is 4.79 Å². The lowest BCUT2D eigenvalue weighted by Crippen LogP contribution is -2.25. The molecular weight excluding hydrogens is 470 g/mol. The summed E-state index contributed by atoms with van der Waals surface area (Å²) in [7, 11) is 0. The fourth-order valence-electron chi connectivity index (χ4n) is 5.33. The summed E-state index contributed by atoms with van der Waals surface area (Å²) in [4.78, 5) is 24.9. The van der Waals surface area contributed by atoms with Crippen molar-refractivity contribution in [1.29, 1.82) is 0 Å². The molecule has 196 valence electrons. The van der Waals surface area contributed by atoms with E-state index in [1.165, 1.54) is 11.1 Å². The van der Waals surface area contributed by atoms with Crippen LogP contribution in [0.15, 0.2) is 60.8 Å². The van der Waals surface area contributed by atoms with Crippen LogP contribution in [0.3, 0.4) is 0 Å². The first-order chi connectivity index (χ1) is 18.6. The Hall–Kier alpha value is -3.77. The van der Waals surface area contributed by atoms with E-state index in [1.54, 1.807) is 0 Å². The fraction of sp³-hybridized carbons (Fsp3) is 0.344. The zero-order valence-electron chi connectivity index (χ0n) is 22.7. The van der Waals surface area contributed by atoms with Crippen LogP contribution in [0.4, 0.5) is 11.6 Å². The van der Waals surface area contributed by atoms with E-state index in [0.29, 0.717) is 11.5 Å². The number of rotatable bonds is 10. The SMILES string of the molecule is CCN(CC)CCCNc1ncc2cc(-c3cc(C(=O)Nc4cccc5c4CCC5)ccc3C)ccc2n1. The van der Waals surface area contributed by atoms with E-state index < -0.39 is 0 Å². The Morgan fingerprint density at radius 3 is 2.74 bits per heavy atom. The van der Waals surface area contributed by atoms with Gasteiger partial charge in [0.25, 0.3) is 5.91 Å². The van der Waals surface area contributed by atoms with Gasteiger partial charge in [0.05, 0.1) is 5.52 Å². The van der Waals surface area contributed by atoms with Crippen molar-refractivity contribution in [3.8, 4) is 11.1 Å². The topological polar surface area (TPSA) is 70.2 Å². The zero-order chi connectivity index (χ0) is 26.5. The highest BCUT2D eigenvalue weighted by atomic mass is 16.1. The average Bonchev–Trinajstić information content (AvgIpc) is 3.43. The van der Waals surface area contributed by atoms with Crippen molar-refractivity contribution < 1.29 is 4.79 Å². The zero-order valence-corrected chi connectivity index (χ0v) is 22.7. The number of carbonyl (C=O) groups excluding carboxylic acids is 1. The van der Waals surface area contributed by atoms with Crippen molar-refractivity contribution in [2.24, 2.45) is 0 Å². The molecule has 3 aromatic carbocycles. The average molecular weight is 508 g/mol. The molecule has 5 rings (SSSR count). The number of carbonyl (C=O) groups is 1. The molecule has 0 saturated carbocycles. The van der Waals surface area contributed by atoms with Gasteiger partial charge in [-0.3, -0.25) is 4.79 Å². The summed E-state index contributed by atoms with van der Waals surface area (Å²) in [6.45, 7) is 10.5. The third-order valence-electron chi connectivity index (χ3n) is 7.61. The van der Waals surface area contributed by atoms with Gasteiger partial charge in [0.1, 0.15) is 0 Å². The predicted octanol–water partition coefficient (Wildman–Crippen LogP) is 6.49. The molecule has 0 saturated heterocycles. The minimum absolute atomic E-state index is 0.0765. The number of nitrogens with zero attached hydrogens (tertiary/aromatic N) is 3. The summed E-state index contributed by atoms with van der Waals surface area (Å²) in [6.07, 6.45) is 6.19. The third kappa shape index (κ3) is 5.70. The highest BCUT2D eigenvalue weighted by Gasteiger charge is 2.17. The van der Waals surface area contributed by atoms with Gasteiger partial charge in [0, 0.05) is 29.4 Å². The van der Waals surface area contributed by atoms with Crippen molar-refractivity contribution in [1.82, 2.24) is 14.9 Å². The van der Waals surface area contributed by atoms with Crippen molar-refractivity contribution in [2.75, 3.05) is 36.8 Å². The lowest BCUT2D eigenvalue weighted by atomic mass is 9.96. The van der Waals surface area contributed by atoms with Crippen LogP contribution < -0.4 is 10.6 Å². The number of hydrogen-bond acceptors (Lipinski definition) is 5. The van der Waals surface area contributed by atoms with E-state index in [-0.39, 0.29) is 5.91 Å². The maximum absolute atomic E-state index is 13.2. The molecule has 1 aliphatic rings. The number of aromatic nitrogens is 2. The number of amides is 1. The van der Waals surface area contributed by atoms with E-state index in [4.69, 9.17) is 4.98 Å². The second-order valence-electron chi connectivity index (χ2n) is 10.1. The van der Waals surface area contributed by atoms with Gasteiger partial charge in [-0.25, -0.2) is 9.97 Å². The Labute approximate surface area is 225 Å². The van der Waals surface area contributed by atoms with Crippen LogP contribution in [0.5, 0.6) is 0 Å². The molecule has 6 heteroatoms. The number of benzene rings is 3. The van der Waals surface area contributed by atoms with Gasteiger partial charge >= 0.3 is 0 Å². The molecule has 1 aromatic heterocycles. The van der Waals surface area contributed by atoms with Crippen LogP contribution >= 0.6 is 0 Å². The smallest absolute Gasteiger partial charge is 0.255 e. The first-order valence-corrected chi connectivity index (χ1v) is 13.8. The summed E-state index contributed by atoms with van der Waals surface area (Å²) in [5.74, 6) is 0.583. The number of hydrogen-bond donors (Lipinski definition) is 2. The fourth-order valence-corrected chi connectivity index (χ4v) is 5.33. The molecule has 1 aliphatic carbocycles. The Bertz CT molecular complexity index is 1440. The van der Waals surface area contributed by atoms with Gasteiger partial charge in [0.2, 0.25) is 5.95 Å². The van der Waals surface area contributed by atoms with Gasteiger partial charge in [-0.1, -0.05) is 38.1 Å². The summed E-state index contributed by atoms with van der Waals surface area (Å²) >= 11 is 0. The molecule has 0 fully saturated rings. The van der Waals surface area contributed by atoms with Crippen molar-refractivity contribution >= 4 is 28.4 Å². The quantitative estimate of drug-likeness (QED) is 0.240. The molecule has 1 heterocycles. The van der Waals surface area contributed by atoms with Crippen LogP contribution in [0, 0.1) is 6.92 Å². The molecule has 0 spiro atoms. The number of fused-ring (bicyclic) bond motifs is 2. The lowest BCUT2D eigenvalue weighted by Gasteiger charge is -2.17. The molecule has 1 amide bonds. The molecule has 4 aromatic rings. The summed E-state index contributed by atoms with van der Waals surface area (Å²) in [5, 5.41) is 7.49. The molecule has 2 N–H and O–H groups in total. The molecule has 6 nitrogen and oxygen atoms in total. The third-order valence-corrected chi connectivity index (χ3v) is 7.61. The highest BCUT2D eigenvalue weighted by Crippen LogP contribution is 2.31. The first-order valence-electron chi connectivity index (χ1n) is 13.8. The van der Waals surface area contributed by atoms with Crippen LogP contribution in [0.2, 0.25) is 0 Å². The molecule has 0 aliphatic heterocycles. The van der Waals surface area contributed by atoms with E-state index in [1.807, 2.05) is 42.6 Å². The molecule has 0 unspecified atom stereocenters. The minimum atomic E-state index is -0.0765. The second kappa shape index (κ2) is 11.7. The van der Waals surface area contributed by atoms with Crippen molar-refractivity contribution in [3.05, 3.63) is 83.0 Å². The van der Waals surface area contributed by atoms with Crippen LogP contribution in [-0.2, 0) is 12.8 Å². The normalized spacial score (nSPS) is 12.6. The minimum Gasteiger partial charge on any atom is -0.354 e. The maximum atomic E-state index is 13.2. The van der Waals surface area contributed by atoms with Gasteiger partial charge in [-0.15, -0.1) is 0 Å². The Balaban J connectivity index is 1.31. The summed E-state index contributed by atoms with van der Waals surface area (Å²) < 4.78 is 0. The number of aryl methyl sites for hydroxylation is 2. The highest BCUT2D eigenvalue weighted by molar-refractivity contribution is 6.05. The van der Waals surface area contributed by atoms with Crippen LogP contribution in [0.1, 0.15) is 53.7 Å². The maximum Gasteiger partial charge on any atom is 0.255 e. The van der Waals surface area contributed by atoms with Crippen molar-refractivity contribution in [2.45, 2.75) is 46.5 Å². The summed E-state index contributed by atoms with van der Waals surface area (Å²) in [5.41, 5.74) is 8.33. The standard InChI is InChI=1S/C32H37N5O/c1-4-37(5-2)18-8-17-33-32-34-21-26-19-24(15-16-29(26)36-32)28-20-25(14-13-22(28)3)31(38)35-30-12-7-10-23-9-6-11-27(23)30/h7,10,12-16,19-21H,4-6,8-9,11,17-18H2,1-3H3,(H,35,38)(H,33,34,36). The van der Waals surface area contributed by atoms with E-state index in [2.05, 4.69) is 59.5 Å². The molecule has 0 bridgehead atoms. The number of nitrogens with one attached hydrogen (secondary N) is 2. The predicted molar refractivity (Wildman–Crippen MR) is 157 cm³/mol. The largest absolute Gasteiger partial charge is 0.354 e. The summed E-state index contributed by atoms with van der Waals surface area (Å²) in [6, 6.07) is 18.3. The van der Waals surface area contributed by atoms with Crippen LogP contribution in [-0.4, -0.2) is 47.0 Å². The number of anilines is 2. The lowest BCUT2D eigenvalue weighted by molar-refractivity contribution is 0.102. The van der Waals surface area contributed by atoms with Gasteiger partial charge in [0.15, 0.2) is 0 Å². The monoisotopic (exact) mass is 507 g/mol. The van der Waals surface area contributed by atoms with Gasteiger partial charge < -0.3 is 15.5 Å². The van der Waals surface area contributed by atoms with Crippen LogP contribution in [0.25, 0.3) is 22.0 Å². The molecule has 0 atom stereocenters. The van der Waals surface area contributed by atoms with Gasteiger partial charge in [-0.2, -0.15) is 0 Å². The van der Waals surface area contributed by atoms with E-state index in [0.717, 1.165) is 85.1 Å².